The molecule has 0 spiro atoms. The van der Waals surface area contributed by atoms with Crippen molar-refractivity contribution in [2.45, 2.75) is 38.1 Å². The maximum Gasteiger partial charge on any atom is 0.126 e. The first kappa shape index (κ1) is 14.6. The van der Waals surface area contributed by atoms with E-state index < -0.39 is 17.2 Å². The third-order valence-corrected chi connectivity index (χ3v) is 5.18. The smallest absolute Gasteiger partial charge is 0.126 e. The van der Waals surface area contributed by atoms with Gasteiger partial charge in [0.05, 0.1) is 11.2 Å². The van der Waals surface area contributed by atoms with Gasteiger partial charge in [0.2, 0.25) is 0 Å². The highest BCUT2D eigenvalue weighted by Gasteiger charge is 2.35. The third-order valence-electron chi connectivity index (χ3n) is 4.12. The first-order valence-corrected chi connectivity index (χ1v) is 8.06. The number of benzene rings is 1. The number of rotatable bonds is 2. The van der Waals surface area contributed by atoms with Crippen LogP contribution in [0, 0.1) is 17.6 Å². The summed E-state index contributed by atoms with van der Waals surface area (Å²) in [4.78, 5) is 4.55. The van der Waals surface area contributed by atoms with E-state index >= 15 is 0 Å². The number of halogens is 2. The van der Waals surface area contributed by atoms with Crippen LogP contribution in [0.5, 0.6) is 0 Å². The van der Waals surface area contributed by atoms with E-state index in [1.165, 1.54) is 29.9 Å². The van der Waals surface area contributed by atoms with Crippen LogP contribution in [0.4, 0.5) is 8.78 Å². The van der Waals surface area contributed by atoms with E-state index in [1.807, 2.05) is 5.38 Å². The van der Waals surface area contributed by atoms with Crippen LogP contribution >= 0.6 is 11.3 Å². The molecule has 112 valence electrons. The molecule has 0 radical (unpaired) electrons. The van der Waals surface area contributed by atoms with Gasteiger partial charge in [0.1, 0.15) is 16.6 Å². The van der Waals surface area contributed by atoms with Crippen molar-refractivity contribution in [3.05, 3.63) is 40.2 Å². The van der Waals surface area contributed by atoms with E-state index in [2.05, 4.69) is 11.9 Å². The molecule has 21 heavy (non-hydrogen) atoms. The van der Waals surface area contributed by atoms with Gasteiger partial charge >= 0.3 is 0 Å². The molecular weight excluding hydrogens is 290 g/mol. The van der Waals surface area contributed by atoms with Crippen LogP contribution in [-0.4, -0.2) is 4.98 Å². The molecule has 1 aromatic carbocycles. The molecule has 0 saturated heterocycles. The zero-order chi connectivity index (χ0) is 15.0. The largest absolute Gasteiger partial charge is 0.319 e. The van der Waals surface area contributed by atoms with Crippen LogP contribution in [0.25, 0.3) is 11.3 Å². The Morgan fingerprint density at radius 1 is 1.29 bits per heavy atom. The fraction of sp³-hybridized carbons (Fsp3) is 0.438. The van der Waals surface area contributed by atoms with Gasteiger partial charge in [-0.1, -0.05) is 19.8 Å². The number of nitrogens with zero attached hydrogens (tertiary/aromatic N) is 1. The van der Waals surface area contributed by atoms with Gasteiger partial charge in [0.15, 0.2) is 0 Å². The first-order valence-electron chi connectivity index (χ1n) is 7.18. The molecular formula is C16H18F2N2S. The molecule has 5 heteroatoms. The van der Waals surface area contributed by atoms with Crippen molar-refractivity contribution >= 4 is 11.3 Å². The minimum absolute atomic E-state index is 0.396. The maximum absolute atomic E-state index is 13.3. The quantitative estimate of drug-likeness (QED) is 0.890. The maximum atomic E-state index is 13.3. The molecule has 1 saturated carbocycles. The summed E-state index contributed by atoms with van der Waals surface area (Å²) in [6, 6.07) is 3.47. The van der Waals surface area contributed by atoms with Gasteiger partial charge in [-0.15, -0.1) is 11.3 Å². The summed E-state index contributed by atoms with van der Waals surface area (Å²) in [5, 5.41) is 2.70. The number of nitrogens with two attached hydrogens (primary N) is 1. The van der Waals surface area contributed by atoms with Crippen molar-refractivity contribution in [2.24, 2.45) is 11.7 Å². The lowest BCUT2D eigenvalue weighted by molar-refractivity contribution is 0.238. The molecule has 2 nitrogen and oxygen atoms in total. The molecule has 2 atom stereocenters. The fourth-order valence-corrected chi connectivity index (χ4v) is 4.11. The molecule has 1 aliphatic carbocycles. The molecule has 1 fully saturated rings. The molecule has 0 bridgehead atoms. The number of hydrogen-bond acceptors (Lipinski definition) is 3. The Labute approximate surface area is 127 Å². The number of aromatic nitrogens is 1. The summed E-state index contributed by atoms with van der Waals surface area (Å²) in [5.74, 6) is -0.593. The zero-order valence-corrected chi connectivity index (χ0v) is 12.7. The van der Waals surface area contributed by atoms with Crippen molar-refractivity contribution in [2.75, 3.05) is 0 Å². The van der Waals surface area contributed by atoms with Gasteiger partial charge in [-0.05, 0) is 30.9 Å². The lowest BCUT2D eigenvalue weighted by atomic mass is 9.77. The predicted octanol–water partition coefficient (Wildman–Crippen LogP) is 4.45. The van der Waals surface area contributed by atoms with Gasteiger partial charge in [-0.3, -0.25) is 0 Å². The Morgan fingerprint density at radius 2 is 2.00 bits per heavy atom. The van der Waals surface area contributed by atoms with E-state index in [0.717, 1.165) is 30.3 Å². The van der Waals surface area contributed by atoms with Crippen LogP contribution in [0.1, 0.15) is 37.6 Å². The highest BCUT2D eigenvalue weighted by molar-refractivity contribution is 7.10. The molecule has 1 aliphatic rings. The van der Waals surface area contributed by atoms with Gasteiger partial charge in [0, 0.05) is 17.0 Å². The summed E-state index contributed by atoms with van der Waals surface area (Å²) in [7, 11) is 0. The van der Waals surface area contributed by atoms with E-state index in [9.17, 15) is 8.78 Å². The summed E-state index contributed by atoms with van der Waals surface area (Å²) in [6.45, 7) is 2.21. The van der Waals surface area contributed by atoms with Crippen LogP contribution in [-0.2, 0) is 5.54 Å². The second-order valence-corrected chi connectivity index (χ2v) is 6.91. The Hall–Kier alpha value is -1.33. The summed E-state index contributed by atoms with van der Waals surface area (Å²) < 4.78 is 26.6. The average Bonchev–Trinajstić information content (AvgIpc) is 2.87. The van der Waals surface area contributed by atoms with Crippen molar-refractivity contribution in [3.8, 4) is 11.3 Å². The Kier molecular flexibility index (Phi) is 3.80. The Balaban J connectivity index is 1.92. The normalized spacial score (nSPS) is 26.0. The lowest BCUT2D eigenvalue weighted by Gasteiger charge is -2.35. The van der Waals surface area contributed by atoms with E-state index in [1.54, 1.807) is 0 Å². The topological polar surface area (TPSA) is 38.9 Å². The van der Waals surface area contributed by atoms with Gasteiger partial charge in [-0.2, -0.15) is 0 Å². The summed E-state index contributed by atoms with van der Waals surface area (Å²) in [6.07, 6.45) is 4.13. The first-order chi connectivity index (χ1) is 9.96. The average molecular weight is 308 g/mol. The lowest BCUT2D eigenvalue weighted by Crippen LogP contribution is -2.40. The molecule has 2 N–H and O–H groups in total. The second kappa shape index (κ2) is 5.46. The highest BCUT2D eigenvalue weighted by Crippen LogP contribution is 2.40. The van der Waals surface area contributed by atoms with Gasteiger partial charge < -0.3 is 5.73 Å². The van der Waals surface area contributed by atoms with Crippen LogP contribution in [0.15, 0.2) is 23.6 Å². The standard InChI is InChI=1S/C16H18F2N2S/c1-10-3-2-4-16(19,8-10)15-20-14(9-21-15)11-5-12(17)7-13(18)6-11/h5-7,9-10H,2-4,8,19H2,1H3. The Bertz CT molecular complexity index is 635. The van der Waals surface area contributed by atoms with E-state index in [0.29, 0.717) is 17.2 Å². The number of hydrogen-bond donors (Lipinski definition) is 1. The molecule has 0 amide bonds. The summed E-state index contributed by atoms with van der Waals surface area (Å²) in [5.41, 5.74) is 7.18. The molecule has 1 aromatic heterocycles. The molecule has 3 rings (SSSR count). The van der Waals surface area contributed by atoms with Crippen molar-refractivity contribution < 1.29 is 8.78 Å². The SMILES string of the molecule is CC1CCCC(N)(c2nc(-c3cc(F)cc(F)c3)cs2)C1. The fourth-order valence-electron chi connectivity index (χ4n) is 3.12. The van der Waals surface area contributed by atoms with Crippen LogP contribution < -0.4 is 5.73 Å². The van der Waals surface area contributed by atoms with Crippen molar-refractivity contribution in [1.29, 1.82) is 0 Å². The zero-order valence-electron chi connectivity index (χ0n) is 11.9. The van der Waals surface area contributed by atoms with Gasteiger partial charge in [-0.25, -0.2) is 13.8 Å². The molecule has 0 aliphatic heterocycles. The van der Waals surface area contributed by atoms with Crippen LogP contribution in [0.2, 0.25) is 0 Å². The monoisotopic (exact) mass is 308 g/mol. The second-order valence-electron chi connectivity index (χ2n) is 6.05. The van der Waals surface area contributed by atoms with Crippen LogP contribution in [0.3, 0.4) is 0 Å². The van der Waals surface area contributed by atoms with Crippen molar-refractivity contribution in [1.82, 2.24) is 4.98 Å². The van der Waals surface area contributed by atoms with E-state index in [4.69, 9.17) is 5.73 Å². The minimum atomic E-state index is -0.590. The predicted molar refractivity (Wildman–Crippen MR) is 81.0 cm³/mol. The van der Waals surface area contributed by atoms with Crippen molar-refractivity contribution in [3.63, 3.8) is 0 Å². The highest BCUT2D eigenvalue weighted by atomic mass is 32.1. The third kappa shape index (κ3) is 2.99. The summed E-state index contributed by atoms with van der Waals surface area (Å²) >= 11 is 1.48. The molecule has 2 aromatic rings. The number of thiazole rings is 1. The minimum Gasteiger partial charge on any atom is -0.319 e. The molecule has 1 heterocycles. The molecule has 2 unspecified atom stereocenters. The van der Waals surface area contributed by atoms with Gasteiger partial charge in [0.25, 0.3) is 0 Å². The van der Waals surface area contributed by atoms with E-state index in [-0.39, 0.29) is 0 Å². The Morgan fingerprint density at radius 3 is 2.67 bits per heavy atom.